The zero-order valence-corrected chi connectivity index (χ0v) is 16.9. The molecule has 29 heavy (non-hydrogen) atoms. The number of carbonyl (C=O) groups excluding carboxylic acids is 1. The minimum absolute atomic E-state index is 0.0353. The van der Waals surface area contributed by atoms with Crippen LogP contribution in [0, 0.1) is 21.2 Å². The summed E-state index contributed by atoms with van der Waals surface area (Å²) < 4.78 is 80.3. The zero-order valence-electron chi connectivity index (χ0n) is 14.7. The predicted molar refractivity (Wildman–Crippen MR) is 98.0 cm³/mol. The molecule has 3 rings (SSSR count). The summed E-state index contributed by atoms with van der Waals surface area (Å²) in [6.45, 7) is -0.0982. The van der Waals surface area contributed by atoms with Crippen LogP contribution < -0.4 is 5.73 Å². The molecular weight excluding hydrogens is 517 g/mol. The number of hydrogen-bond donors (Lipinski definition) is 1. The molecule has 0 saturated heterocycles. The van der Waals surface area contributed by atoms with Crippen molar-refractivity contribution in [2.24, 2.45) is 5.73 Å². The number of amides is 1. The van der Waals surface area contributed by atoms with Gasteiger partial charge in [0.2, 0.25) is 11.7 Å². The van der Waals surface area contributed by atoms with E-state index in [-0.39, 0.29) is 47.4 Å². The lowest BCUT2D eigenvalue weighted by Crippen LogP contribution is -2.42. The van der Waals surface area contributed by atoms with Crippen molar-refractivity contribution in [3.63, 3.8) is 0 Å². The number of halogens is 7. The van der Waals surface area contributed by atoms with E-state index < -0.39 is 41.4 Å². The van der Waals surface area contributed by atoms with E-state index >= 15 is 0 Å². The molecule has 0 saturated carbocycles. The summed E-state index contributed by atoms with van der Waals surface area (Å²) in [6, 6.07) is 0.221. The van der Waals surface area contributed by atoms with Crippen LogP contribution in [0.5, 0.6) is 0 Å². The van der Waals surface area contributed by atoms with Gasteiger partial charge in [-0.1, -0.05) is 0 Å². The molecule has 1 aliphatic heterocycles. The molecule has 0 bridgehead atoms. The first-order chi connectivity index (χ1) is 13.5. The first-order valence-corrected chi connectivity index (χ1v) is 9.54. The van der Waals surface area contributed by atoms with Crippen LogP contribution in [0.2, 0.25) is 0 Å². The van der Waals surface area contributed by atoms with Gasteiger partial charge >= 0.3 is 6.18 Å². The van der Waals surface area contributed by atoms with Gasteiger partial charge in [0.25, 0.3) is 0 Å². The van der Waals surface area contributed by atoms with Gasteiger partial charge in [-0.3, -0.25) is 4.79 Å². The van der Waals surface area contributed by atoms with Crippen LogP contribution in [-0.2, 0) is 30.5 Å². The van der Waals surface area contributed by atoms with Crippen molar-refractivity contribution in [2.45, 2.75) is 38.1 Å². The second kappa shape index (κ2) is 8.13. The second-order valence-electron chi connectivity index (χ2n) is 6.66. The first kappa shape index (κ1) is 21.9. The van der Waals surface area contributed by atoms with E-state index in [0.717, 1.165) is 4.57 Å². The van der Waals surface area contributed by atoms with E-state index in [2.05, 4.69) is 4.98 Å². The topological polar surface area (TPSA) is 64.2 Å². The highest BCUT2D eigenvalue weighted by atomic mass is 127. The minimum Gasteiger partial charge on any atom is -0.335 e. The molecule has 5 nitrogen and oxygen atoms in total. The molecule has 1 amide bonds. The number of carbonyl (C=O) groups is 1. The molecule has 2 aromatic rings. The van der Waals surface area contributed by atoms with Crippen LogP contribution in [0.25, 0.3) is 0 Å². The van der Waals surface area contributed by atoms with Crippen molar-refractivity contribution in [3.05, 3.63) is 50.4 Å². The number of fused-ring (bicyclic) bond motifs is 1. The van der Waals surface area contributed by atoms with Gasteiger partial charge in [-0.25, -0.2) is 18.2 Å². The molecule has 1 aliphatic rings. The van der Waals surface area contributed by atoms with Crippen LogP contribution in [0.3, 0.4) is 0 Å². The van der Waals surface area contributed by atoms with Gasteiger partial charge in [0.15, 0.2) is 11.6 Å². The number of imidazole rings is 1. The number of hydrogen-bond acceptors (Lipinski definition) is 3. The number of aromatic nitrogens is 2. The third-order valence-corrected chi connectivity index (χ3v) is 5.44. The summed E-state index contributed by atoms with van der Waals surface area (Å²) in [5, 5.41) is 0. The zero-order chi connectivity index (χ0) is 21.5. The molecule has 0 fully saturated rings. The molecule has 12 heteroatoms. The Morgan fingerprint density at radius 2 is 1.83 bits per heavy atom. The van der Waals surface area contributed by atoms with Gasteiger partial charge in [0.1, 0.15) is 9.52 Å². The fourth-order valence-corrected chi connectivity index (χ4v) is 3.88. The summed E-state index contributed by atoms with van der Waals surface area (Å²) in [5.74, 6) is -4.96. The molecule has 2 N–H and O–H groups in total. The van der Waals surface area contributed by atoms with Gasteiger partial charge in [-0.15, -0.1) is 0 Å². The average Bonchev–Trinajstić information content (AvgIpc) is 2.96. The lowest BCUT2D eigenvalue weighted by Gasteiger charge is -2.30. The lowest BCUT2D eigenvalue weighted by atomic mass is 10.0. The molecule has 1 atom stereocenters. The monoisotopic (exact) mass is 532 g/mol. The third kappa shape index (κ3) is 4.68. The Bertz CT molecular complexity index is 945. The predicted octanol–water partition coefficient (Wildman–Crippen LogP) is 3.23. The van der Waals surface area contributed by atoms with Crippen LogP contribution in [0.15, 0.2) is 12.1 Å². The SMILES string of the molecule is N[C@@H](CC(=O)N1CCn2c(C(F)(F)F)nc(I)c2C1)Cc1cc(F)c(F)cc1F. The molecule has 0 aliphatic carbocycles. The van der Waals surface area contributed by atoms with Crippen LogP contribution >= 0.6 is 22.6 Å². The largest absolute Gasteiger partial charge is 0.449 e. The highest BCUT2D eigenvalue weighted by molar-refractivity contribution is 14.1. The van der Waals surface area contributed by atoms with E-state index in [0.29, 0.717) is 12.1 Å². The van der Waals surface area contributed by atoms with Crippen LogP contribution in [-0.4, -0.2) is 32.9 Å². The fourth-order valence-electron chi connectivity index (χ4n) is 3.19. The number of rotatable bonds is 4. The normalized spacial score (nSPS) is 15.4. The summed E-state index contributed by atoms with van der Waals surface area (Å²) in [5.41, 5.74) is 5.97. The maximum Gasteiger partial charge on any atom is 0.449 e. The summed E-state index contributed by atoms with van der Waals surface area (Å²) in [7, 11) is 0. The number of nitrogens with zero attached hydrogens (tertiary/aromatic N) is 3. The van der Waals surface area contributed by atoms with E-state index in [1.165, 1.54) is 4.90 Å². The number of nitrogens with two attached hydrogens (primary N) is 1. The van der Waals surface area contributed by atoms with E-state index in [1.54, 1.807) is 22.6 Å². The molecule has 0 radical (unpaired) electrons. The maximum atomic E-state index is 13.7. The first-order valence-electron chi connectivity index (χ1n) is 8.46. The molecule has 1 aromatic carbocycles. The fraction of sp³-hybridized carbons (Fsp3) is 0.412. The molecule has 2 heterocycles. The minimum atomic E-state index is -4.60. The highest BCUT2D eigenvalue weighted by Crippen LogP contribution is 2.32. The van der Waals surface area contributed by atoms with Crippen molar-refractivity contribution >= 4 is 28.5 Å². The number of benzene rings is 1. The number of alkyl halides is 3. The highest BCUT2D eigenvalue weighted by Gasteiger charge is 2.40. The van der Waals surface area contributed by atoms with E-state index in [9.17, 15) is 31.1 Å². The van der Waals surface area contributed by atoms with Crippen molar-refractivity contribution < 1.29 is 31.1 Å². The Balaban J connectivity index is 1.67. The van der Waals surface area contributed by atoms with Gasteiger partial charge < -0.3 is 15.2 Å². The van der Waals surface area contributed by atoms with Crippen molar-refractivity contribution in [1.29, 1.82) is 0 Å². The van der Waals surface area contributed by atoms with Gasteiger partial charge in [-0.05, 0) is 40.6 Å². The summed E-state index contributed by atoms with van der Waals surface area (Å²) >= 11 is 1.68. The van der Waals surface area contributed by atoms with Crippen molar-refractivity contribution in [2.75, 3.05) is 6.54 Å². The molecule has 0 spiro atoms. The summed E-state index contributed by atoms with van der Waals surface area (Å²) in [6.07, 6.45) is -5.02. The van der Waals surface area contributed by atoms with Gasteiger partial charge in [0.05, 0.1) is 12.2 Å². The lowest BCUT2D eigenvalue weighted by molar-refractivity contribution is -0.148. The maximum absolute atomic E-state index is 13.7. The molecule has 0 unspecified atom stereocenters. The van der Waals surface area contributed by atoms with Crippen molar-refractivity contribution in [1.82, 2.24) is 14.5 Å². The molecular formula is C17H15F6IN4O. The quantitative estimate of drug-likeness (QED) is 0.374. The van der Waals surface area contributed by atoms with Crippen LogP contribution in [0.1, 0.15) is 23.5 Å². The Hall–Kier alpha value is -1.83. The van der Waals surface area contributed by atoms with Gasteiger partial charge in [-0.2, -0.15) is 13.2 Å². The van der Waals surface area contributed by atoms with E-state index in [4.69, 9.17) is 5.73 Å². The smallest absolute Gasteiger partial charge is 0.335 e. The van der Waals surface area contributed by atoms with E-state index in [1.807, 2.05) is 0 Å². The Morgan fingerprint density at radius 1 is 1.17 bits per heavy atom. The van der Waals surface area contributed by atoms with Gasteiger partial charge in [0, 0.05) is 31.6 Å². The Kier molecular flexibility index (Phi) is 6.13. The Labute approximate surface area is 175 Å². The molecule has 158 valence electrons. The summed E-state index contributed by atoms with van der Waals surface area (Å²) in [4.78, 5) is 17.4. The third-order valence-electron chi connectivity index (χ3n) is 4.57. The second-order valence-corrected chi connectivity index (χ2v) is 7.69. The standard InChI is InChI=1S/C17H15F6IN4O/c18-10-6-12(20)11(19)4-8(10)3-9(25)5-14(29)27-1-2-28-13(7-27)15(24)26-16(28)17(21,22)23/h4,6,9H,1-3,5,7,25H2/t9-/m1/s1. The average molecular weight is 532 g/mol. The van der Waals surface area contributed by atoms with Crippen molar-refractivity contribution in [3.8, 4) is 0 Å². The molecule has 1 aromatic heterocycles. The van der Waals surface area contributed by atoms with Crippen LogP contribution in [0.4, 0.5) is 26.3 Å². The Morgan fingerprint density at radius 3 is 2.48 bits per heavy atom.